The number of carbonyl (C=O) groups is 1. The number of nitro benzene ring substituents is 1. The van der Waals surface area contributed by atoms with Crippen LogP contribution in [0.2, 0.25) is 0 Å². The van der Waals surface area contributed by atoms with E-state index in [-0.39, 0.29) is 23.4 Å². The van der Waals surface area contributed by atoms with Gasteiger partial charge in [-0.25, -0.2) is 0 Å². The van der Waals surface area contributed by atoms with Gasteiger partial charge in [-0.1, -0.05) is 11.8 Å². The number of nitro groups is 1. The van der Waals surface area contributed by atoms with Crippen LogP contribution in [0.15, 0.2) is 18.2 Å². The molecule has 15 heavy (non-hydrogen) atoms. The standard InChI is InChI=1S/C10H7NO4/c12-5-1-2-9-4-3-8(7-13)6-10(9)11(14)15/h3-4,6-7,12H,5H2. The summed E-state index contributed by atoms with van der Waals surface area (Å²) in [5.74, 6) is 4.75. The molecule has 5 nitrogen and oxygen atoms in total. The van der Waals surface area contributed by atoms with E-state index in [9.17, 15) is 14.9 Å². The molecule has 0 aliphatic carbocycles. The number of hydrogen-bond donors (Lipinski definition) is 1. The number of aliphatic hydroxyl groups excluding tert-OH is 1. The van der Waals surface area contributed by atoms with E-state index in [4.69, 9.17) is 5.11 Å². The molecule has 0 atom stereocenters. The Bertz CT molecular complexity index is 456. The van der Waals surface area contributed by atoms with E-state index in [0.717, 1.165) is 6.07 Å². The number of aliphatic hydroxyl groups is 1. The lowest BCUT2D eigenvalue weighted by Gasteiger charge is -1.96. The van der Waals surface area contributed by atoms with Gasteiger partial charge in [0.05, 0.1) is 4.92 Å². The SMILES string of the molecule is O=Cc1ccc(C#CCO)c([N+](=O)[O-])c1. The van der Waals surface area contributed by atoms with Crippen LogP contribution in [0.1, 0.15) is 15.9 Å². The molecule has 1 rings (SSSR count). The highest BCUT2D eigenvalue weighted by atomic mass is 16.6. The van der Waals surface area contributed by atoms with E-state index >= 15 is 0 Å². The Kier molecular flexibility index (Phi) is 3.55. The van der Waals surface area contributed by atoms with E-state index in [1.54, 1.807) is 0 Å². The van der Waals surface area contributed by atoms with Crippen LogP contribution in [0.25, 0.3) is 0 Å². The summed E-state index contributed by atoms with van der Waals surface area (Å²) in [4.78, 5) is 20.4. The minimum atomic E-state index is -0.617. The van der Waals surface area contributed by atoms with Crippen LogP contribution in [-0.4, -0.2) is 22.9 Å². The van der Waals surface area contributed by atoms with Crippen LogP contribution >= 0.6 is 0 Å². The molecule has 0 bridgehead atoms. The smallest absolute Gasteiger partial charge is 0.285 e. The van der Waals surface area contributed by atoms with Crippen molar-refractivity contribution >= 4 is 12.0 Å². The fourth-order valence-electron chi connectivity index (χ4n) is 1.01. The van der Waals surface area contributed by atoms with Crippen molar-refractivity contribution in [2.45, 2.75) is 0 Å². The Morgan fingerprint density at radius 2 is 2.27 bits per heavy atom. The number of carbonyl (C=O) groups excluding carboxylic acids is 1. The molecular formula is C10H7NO4. The molecule has 0 saturated heterocycles. The fraction of sp³-hybridized carbons (Fsp3) is 0.100. The molecule has 0 fully saturated rings. The summed E-state index contributed by atoms with van der Waals surface area (Å²) in [7, 11) is 0. The molecule has 0 saturated carbocycles. The summed E-state index contributed by atoms with van der Waals surface area (Å²) < 4.78 is 0. The second-order valence-electron chi connectivity index (χ2n) is 2.61. The molecule has 0 spiro atoms. The average molecular weight is 205 g/mol. The minimum absolute atomic E-state index is 0.180. The second-order valence-corrected chi connectivity index (χ2v) is 2.61. The topological polar surface area (TPSA) is 80.4 Å². The first-order chi connectivity index (χ1) is 7.19. The number of hydrogen-bond acceptors (Lipinski definition) is 4. The minimum Gasteiger partial charge on any atom is -0.384 e. The third kappa shape index (κ3) is 2.62. The lowest BCUT2D eigenvalue weighted by atomic mass is 10.1. The molecule has 76 valence electrons. The fourth-order valence-corrected chi connectivity index (χ4v) is 1.01. The lowest BCUT2D eigenvalue weighted by molar-refractivity contribution is -0.385. The predicted octanol–water partition coefficient (Wildman–Crippen LogP) is 0.751. The van der Waals surface area contributed by atoms with Crippen molar-refractivity contribution in [2.24, 2.45) is 0 Å². The highest BCUT2D eigenvalue weighted by Gasteiger charge is 2.12. The van der Waals surface area contributed by atoms with Crippen LogP contribution in [-0.2, 0) is 0 Å². The molecule has 0 radical (unpaired) electrons. The van der Waals surface area contributed by atoms with Crippen LogP contribution in [0.3, 0.4) is 0 Å². The third-order valence-electron chi connectivity index (χ3n) is 1.66. The second kappa shape index (κ2) is 4.88. The Hall–Kier alpha value is -2.19. The van der Waals surface area contributed by atoms with E-state index in [1.165, 1.54) is 12.1 Å². The van der Waals surface area contributed by atoms with Gasteiger partial charge in [0.1, 0.15) is 18.5 Å². The van der Waals surface area contributed by atoms with Gasteiger partial charge in [0.25, 0.3) is 5.69 Å². The van der Waals surface area contributed by atoms with Crippen molar-refractivity contribution in [3.8, 4) is 11.8 Å². The summed E-state index contributed by atoms with van der Waals surface area (Å²) in [6.45, 7) is -0.368. The van der Waals surface area contributed by atoms with Crippen LogP contribution in [0, 0.1) is 22.0 Å². The van der Waals surface area contributed by atoms with Gasteiger partial charge in [-0.3, -0.25) is 14.9 Å². The third-order valence-corrected chi connectivity index (χ3v) is 1.66. The van der Waals surface area contributed by atoms with Gasteiger partial charge in [0, 0.05) is 11.6 Å². The Labute approximate surface area is 85.5 Å². The van der Waals surface area contributed by atoms with Gasteiger partial charge in [-0.2, -0.15) is 0 Å². The maximum absolute atomic E-state index is 10.6. The zero-order valence-corrected chi connectivity index (χ0v) is 7.64. The van der Waals surface area contributed by atoms with Crippen molar-refractivity contribution in [2.75, 3.05) is 6.61 Å². The van der Waals surface area contributed by atoms with Crippen LogP contribution in [0.5, 0.6) is 0 Å². The van der Waals surface area contributed by atoms with Crippen LogP contribution in [0.4, 0.5) is 5.69 Å². The summed E-state index contributed by atoms with van der Waals surface area (Å²) >= 11 is 0. The van der Waals surface area contributed by atoms with E-state index < -0.39 is 4.92 Å². The predicted molar refractivity (Wildman–Crippen MR) is 52.4 cm³/mol. The first-order valence-electron chi connectivity index (χ1n) is 4.02. The number of benzene rings is 1. The highest BCUT2D eigenvalue weighted by Crippen LogP contribution is 2.18. The molecule has 0 unspecified atom stereocenters. The first kappa shape index (κ1) is 10.9. The van der Waals surface area contributed by atoms with Crippen molar-refractivity contribution in [3.63, 3.8) is 0 Å². The summed E-state index contributed by atoms with van der Waals surface area (Å²) in [6.07, 6.45) is 0.524. The molecule has 1 aromatic carbocycles. The van der Waals surface area contributed by atoms with Gasteiger partial charge in [0.2, 0.25) is 0 Å². The van der Waals surface area contributed by atoms with Crippen LogP contribution < -0.4 is 0 Å². The van der Waals surface area contributed by atoms with Gasteiger partial charge in [0.15, 0.2) is 0 Å². The van der Waals surface area contributed by atoms with E-state index in [2.05, 4.69) is 11.8 Å². The van der Waals surface area contributed by atoms with Gasteiger partial charge in [-0.15, -0.1) is 0 Å². The quantitative estimate of drug-likeness (QED) is 0.334. The average Bonchev–Trinajstić information content (AvgIpc) is 2.26. The molecule has 0 amide bonds. The number of rotatable bonds is 2. The molecule has 0 aliphatic heterocycles. The molecule has 5 heteroatoms. The molecular weight excluding hydrogens is 198 g/mol. The normalized spacial score (nSPS) is 8.87. The zero-order valence-electron chi connectivity index (χ0n) is 7.64. The summed E-state index contributed by atoms with van der Waals surface area (Å²) in [5.41, 5.74) is 0.163. The summed E-state index contributed by atoms with van der Waals surface area (Å²) in [6, 6.07) is 3.96. The van der Waals surface area contributed by atoms with Crippen molar-refractivity contribution in [1.82, 2.24) is 0 Å². The van der Waals surface area contributed by atoms with Gasteiger partial charge >= 0.3 is 0 Å². The number of nitrogens with zero attached hydrogens (tertiary/aromatic N) is 1. The highest BCUT2D eigenvalue weighted by molar-refractivity contribution is 5.77. The Balaban J connectivity index is 3.27. The zero-order chi connectivity index (χ0) is 11.3. The maximum Gasteiger partial charge on any atom is 0.285 e. The van der Waals surface area contributed by atoms with E-state index in [1.807, 2.05) is 0 Å². The first-order valence-corrected chi connectivity index (χ1v) is 4.02. The van der Waals surface area contributed by atoms with Gasteiger partial charge < -0.3 is 5.11 Å². The van der Waals surface area contributed by atoms with Gasteiger partial charge in [-0.05, 0) is 12.1 Å². The van der Waals surface area contributed by atoms with E-state index in [0.29, 0.717) is 6.29 Å². The Morgan fingerprint density at radius 3 is 2.80 bits per heavy atom. The number of aldehydes is 1. The monoisotopic (exact) mass is 205 g/mol. The molecule has 0 heterocycles. The largest absolute Gasteiger partial charge is 0.384 e. The summed E-state index contributed by atoms with van der Waals surface area (Å²) in [5, 5.41) is 19.1. The maximum atomic E-state index is 10.6. The lowest BCUT2D eigenvalue weighted by Crippen LogP contribution is -1.94. The molecule has 1 aromatic rings. The molecule has 0 aromatic heterocycles. The van der Waals surface area contributed by atoms with Crippen molar-refractivity contribution in [1.29, 1.82) is 0 Å². The molecule has 1 N–H and O–H groups in total. The molecule has 0 aliphatic rings. The van der Waals surface area contributed by atoms with Crippen molar-refractivity contribution < 1.29 is 14.8 Å². The Morgan fingerprint density at radius 1 is 1.53 bits per heavy atom. The van der Waals surface area contributed by atoms with Crippen molar-refractivity contribution in [3.05, 3.63) is 39.4 Å².